The Morgan fingerprint density at radius 2 is 1.12 bits per heavy atom. The Balaban J connectivity index is 3.98. The zero-order valence-electron chi connectivity index (χ0n) is 45.6. The van der Waals surface area contributed by atoms with Gasteiger partial charge in [0, 0.05) is 18.4 Å². The van der Waals surface area contributed by atoms with Gasteiger partial charge >= 0.3 is 5.97 Å². The van der Waals surface area contributed by atoms with Gasteiger partial charge in [-0.05, 0) is 121 Å². The van der Waals surface area contributed by atoms with Crippen LogP contribution in [0.2, 0.25) is 72.5 Å². The summed E-state index contributed by atoms with van der Waals surface area (Å²) >= 11 is 0. The van der Waals surface area contributed by atoms with Crippen LogP contribution in [0.1, 0.15) is 143 Å². The van der Waals surface area contributed by atoms with Crippen molar-refractivity contribution in [1.29, 1.82) is 0 Å². The molecule has 0 unspecified atom stereocenters. The summed E-state index contributed by atoms with van der Waals surface area (Å²) in [7, 11) is -8.85. The number of epoxide rings is 1. The molecule has 380 valence electrons. The summed E-state index contributed by atoms with van der Waals surface area (Å²) in [6.45, 7) is 50.1. The van der Waals surface area contributed by atoms with Crippen LogP contribution < -0.4 is 0 Å². The highest BCUT2D eigenvalue weighted by atomic mass is 28.4. The number of carbonyl (C=O) groups excluding carboxylic acids is 1. The van der Waals surface area contributed by atoms with Crippen LogP contribution in [0.15, 0.2) is 60.8 Å². The van der Waals surface area contributed by atoms with E-state index in [9.17, 15) is 4.79 Å². The van der Waals surface area contributed by atoms with Gasteiger partial charge in [0.1, 0.15) is 12.2 Å². The van der Waals surface area contributed by atoms with Crippen molar-refractivity contribution in [3.05, 3.63) is 60.8 Å². The second kappa shape index (κ2) is 30.9. The summed E-state index contributed by atoms with van der Waals surface area (Å²) in [5, 5.41) is 0. The lowest BCUT2D eigenvalue weighted by atomic mass is 9.92. The van der Waals surface area contributed by atoms with Gasteiger partial charge in [-0.15, -0.1) is 18.9 Å². The highest BCUT2D eigenvalue weighted by Crippen LogP contribution is 2.41. The van der Waals surface area contributed by atoms with E-state index in [0.29, 0.717) is 25.2 Å². The van der Waals surface area contributed by atoms with E-state index in [0.717, 1.165) is 102 Å². The molecule has 0 aromatic rings. The third-order valence-electron chi connectivity index (χ3n) is 16.0. The third-order valence-corrected chi connectivity index (χ3v) is 34.5. The fourth-order valence-corrected chi connectivity index (χ4v) is 21.3. The van der Waals surface area contributed by atoms with Crippen LogP contribution in [-0.4, -0.2) is 82.0 Å². The summed E-state index contributed by atoms with van der Waals surface area (Å²) in [5.41, 5.74) is 2.66. The number of hydrogen-bond acceptors (Lipinski definition) is 7. The molecule has 0 aromatic carbocycles. The van der Waals surface area contributed by atoms with Gasteiger partial charge in [-0.25, -0.2) is 4.79 Å². The molecule has 0 aliphatic carbocycles. The first-order chi connectivity index (χ1) is 31.4. The smallest absolute Gasteiger partial charge is 0.331 e. The Labute approximate surface area is 412 Å². The maximum absolute atomic E-state index is 13.5. The van der Waals surface area contributed by atoms with E-state index in [-0.39, 0.29) is 30.2 Å². The SMILES string of the molecule is C#CC[C@H](C)[C@@H](OC(=O)/C=C(C)/C=C/CC(=C)[C@@H](O[Si](CC)(CC)CC)[C@H](O[Si](CC)(CC)CC)C(=C)[C@@H](O[Si](CC)(CC)CC)[C@@H](CC=C)O[Si](CC)(CC)CC)[C@H]1O[C@@H]1[C@H](C)CCC. The molecule has 7 nitrogen and oxygen atoms in total. The predicted octanol–water partition coefficient (Wildman–Crippen LogP) is 15.9. The minimum atomic E-state index is -2.28. The fraction of sp³-hybridized carbons (Fsp3) is 0.764. The van der Waals surface area contributed by atoms with Crippen LogP contribution in [0.4, 0.5) is 0 Å². The lowest BCUT2D eigenvalue weighted by molar-refractivity contribution is -0.146. The molecule has 0 aromatic heterocycles. The van der Waals surface area contributed by atoms with Crippen LogP contribution in [0.3, 0.4) is 0 Å². The van der Waals surface area contributed by atoms with E-state index < -0.39 is 57.7 Å². The van der Waals surface area contributed by atoms with Gasteiger partial charge in [0.15, 0.2) is 33.3 Å². The molecule has 1 fully saturated rings. The fourth-order valence-electron chi connectivity index (χ4n) is 9.97. The van der Waals surface area contributed by atoms with E-state index in [2.05, 4.69) is 116 Å². The second-order valence-electron chi connectivity index (χ2n) is 19.6. The first-order valence-electron chi connectivity index (χ1n) is 26.7. The molecule has 1 rings (SSSR count). The predicted molar refractivity (Wildman–Crippen MR) is 294 cm³/mol. The zero-order chi connectivity index (χ0) is 50.3. The molecule has 1 aliphatic heterocycles. The molecule has 9 atom stereocenters. The van der Waals surface area contributed by atoms with Crippen LogP contribution in [-0.2, 0) is 32.0 Å². The largest absolute Gasteiger partial charge is 0.456 e. The van der Waals surface area contributed by atoms with Crippen molar-refractivity contribution in [1.82, 2.24) is 0 Å². The Morgan fingerprint density at radius 1 is 0.682 bits per heavy atom. The first-order valence-corrected chi connectivity index (χ1v) is 36.8. The number of carbonyl (C=O) groups is 1. The number of esters is 1. The van der Waals surface area contributed by atoms with E-state index in [1.165, 1.54) is 0 Å². The van der Waals surface area contributed by atoms with Crippen molar-refractivity contribution >= 4 is 39.2 Å². The number of hydrogen-bond donors (Lipinski definition) is 0. The minimum absolute atomic E-state index is 0.0139. The number of ether oxygens (including phenoxy) is 2. The Bertz CT molecular complexity index is 1520. The topological polar surface area (TPSA) is 75.8 Å². The highest BCUT2D eigenvalue weighted by Gasteiger charge is 2.51. The Morgan fingerprint density at radius 3 is 1.55 bits per heavy atom. The normalized spacial score (nSPS) is 19.3. The molecule has 0 spiro atoms. The van der Waals surface area contributed by atoms with Gasteiger partial charge in [0.25, 0.3) is 0 Å². The molecule has 0 N–H and O–H groups in total. The van der Waals surface area contributed by atoms with Crippen molar-refractivity contribution in [2.75, 3.05) is 0 Å². The van der Waals surface area contributed by atoms with Crippen molar-refractivity contribution in [3.63, 3.8) is 0 Å². The summed E-state index contributed by atoms with van der Waals surface area (Å²) in [4.78, 5) is 13.5. The molecule has 11 heteroatoms. The Kier molecular flexibility index (Phi) is 29.2. The zero-order valence-corrected chi connectivity index (χ0v) is 49.6. The van der Waals surface area contributed by atoms with Gasteiger partial charge in [-0.2, -0.15) is 0 Å². The average Bonchev–Trinajstić information content (AvgIpc) is 4.13. The van der Waals surface area contributed by atoms with E-state index >= 15 is 0 Å². The van der Waals surface area contributed by atoms with Gasteiger partial charge < -0.3 is 27.2 Å². The average molecular weight is 988 g/mol. The van der Waals surface area contributed by atoms with Crippen LogP contribution >= 0.6 is 0 Å². The van der Waals surface area contributed by atoms with Gasteiger partial charge in [-0.3, -0.25) is 0 Å². The molecule has 0 saturated carbocycles. The maximum Gasteiger partial charge on any atom is 0.331 e. The number of allylic oxidation sites excluding steroid dienone is 3. The van der Waals surface area contributed by atoms with Crippen molar-refractivity contribution in [3.8, 4) is 12.3 Å². The molecule has 0 bridgehead atoms. The second-order valence-corrected chi connectivity index (χ2v) is 38.5. The molecule has 1 heterocycles. The van der Waals surface area contributed by atoms with E-state index in [1.807, 2.05) is 26.0 Å². The molecular formula is C55H102O7Si4. The summed E-state index contributed by atoms with van der Waals surface area (Å²) in [5.74, 6) is 2.76. The number of rotatable bonds is 38. The van der Waals surface area contributed by atoms with Crippen molar-refractivity contribution in [2.45, 2.75) is 258 Å². The maximum atomic E-state index is 13.5. The van der Waals surface area contributed by atoms with Gasteiger partial charge in [0.2, 0.25) is 0 Å². The number of terminal acetylenes is 1. The molecule has 1 saturated heterocycles. The standard InChI is InChI=1S/C55H102O7Si4/c1-21-37-44(17)50(55-51(58-55)45(18)38-22-2)57-49(56)42-43(16)40-36-41-46(19)52(60-64(27-7,28-8)29-9)54(62-66(33-13,34-14)35-15)47(20)53(61-65(30-10,31-11)32-12)48(39-23-3)59-63(24-4,25-5)26-6/h1,23,36,40,42,44-45,48,50-55H,3,19-20,22,24-35,37-39,41H2,2,4-18H3/b40-36+,43-42+/t44-,45+,48+,50+,51+,52+,53+,54+,55+/m0/s1. The monoisotopic (exact) mass is 987 g/mol. The molecule has 0 radical (unpaired) electrons. The summed E-state index contributed by atoms with van der Waals surface area (Å²) < 4.78 is 42.9. The first kappa shape index (κ1) is 62.4. The molecule has 1 aliphatic rings. The van der Waals surface area contributed by atoms with Crippen molar-refractivity contribution < 1.29 is 32.0 Å². The van der Waals surface area contributed by atoms with Gasteiger partial charge in [0.05, 0.1) is 30.5 Å². The summed E-state index contributed by atoms with van der Waals surface area (Å²) in [6, 6.07) is 12.1. The highest BCUT2D eigenvalue weighted by molar-refractivity contribution is 6.75. The van der Waals surface area contributed by atoms with Crippen LogP contribution in [0.5, 0.6) is 0 Å². The molecule has 66 heavy (non-hydrogen) atoms. The lowest BCUT2D eigenvalue weighted by Gasteiger charge is -2.47. The van der Waals surface area contributed by atoms with Crippen LogP contribution in [0, 0.1) is 24.2 Å². The van der Waals surface area contributed by atoms with E-state index in [4.69, 9.17) is 46.8 Å². The quantitative estimate of drug-likeness (QED) is 0.0116. The van der Waals surface area contributed by atoms with Crippen LogP contribution in [0.25, 0.3) is 0 Å². The minimum Gasteiger partial charge on any atom is -0.456 e. The van der Waals surface area contributed by atoms with Crippen molar-refractivity contribution in [2.24, 2.45) is 11.8 Å². The lowest BCUT2D eigenvalue weighted by Crippen LogP contribution is -2.55. The summed E-state index contributed by atoms with van der Waals surface area (Å²) in [6.07, 6.45) is 15.3. The molecule has 0 amide bonds. The van der Waals surface area contributed by atoms with E-state index in [1.54, 1.807) is 6.08 Å². The Hall–Kier alpha value is -1.60. The third kappa shape index (κ3) is 17.7. The molecular weight excluding hydrogens is 885 g/mol. The van der Waals surface area contributed by atoms with Gasteiger partial charge in [-0.1, -0.05) is 142 Å².